The van der Waals surface area contributed by atoms with E-state index < -0.39 is 0 Å². The summed E-state index contributed by atoms with van der Waals surface area (Å²) in [5, 5.41) is 2.93. The van der Waals surface area contributed by atoms with Crippen LogP contribution in [-0.4, -0.2) is 58.3 Å². The lowest BCUT2D eigenvalue weighted by Crippen LogP contribution is -2.24. The Morgan fingerprint density at radius 3 is 2.31 bits per heavy atom. The molecule has 26 heavy (non-hydrogen) atoms. The predicted molar refractivity (Wildman–Crippen MR) is 103 cm³/mol. The number of hydrogen-bond acceptors (Lipinski definition) is 5. The van der Waals surface area contributed by atoms with E-state index in [2.05, 4.69) is 10.2 Å². The lowest BCUT2D eigenvalue weighted by molar-refractivity contribution is -0.116. The molecule has 1 aromatic rings. The number of methoxy groups -OCH3 is 3. The molecule has 1 aromatic carbocycles. The highest BCUT2D eigenvalue weighted by Gasteiger charge is 2.12. The highest BCUT2D eigenvalue weighted by atomic mass is 16.5. The van der Waals surface area contributed by atoms with E-state index in [9.17, 15) is 4.79 Å². The van der Waals surface area contributed by atoms with Crippen molar-refractivity contribution in [2.75, 3.05) is 47.5 Å². The van der Waals surface area contributed by atoms with Crippen molar-refractivity contribution in [1.29, 1.82) is 0 Å². The maximum atomic E-state index is 12.0. The van der Waals surface area contributed by atoms with Gasteiger partial charge in [0.1, 0.15) is 0 Å². The first-order valence-corrected chi connectivity index (χ1v) is 9.16. The summed E-state index contributed by atoms with van der Waals surface area (Å²) in [6.07, 6.45) is 8.03. The Bertz CT molecular complexity index is 585. The Hall–Kier alpha value is -2.21. The van der Waals surface area contributed by atoms with Gasteiger partial charge in [0.2, 0.25) is 11.7 Å². The van der Waals surface area contributed by atoms with Crippen LogP contribution in [0.3, 0.4) is 0 Å². The van der Waals surface area contributed by atoms with Crippen molar-refractivity contribution in [3.8, 4) is 17.2 Å². The van der Waals surface area contributed by atoms with Gasteiger partial charge in [-0.3, -0.25) is 4.79 Å². The molecule has 0 spiro atoms. The largest absolute Gasteiger partial charge is 0.493 e. The van der Waals surface area contributed by atoms with Crippen LogP contribution in [-0.2, 0) is 4.79 Å². The smallest absolute Gasteiger partial charge is 0.243 e. The number of nitrogens with one attached hydrogen (secondary N) is 1. The maximum absolute atomic E-state index is 12.0. The first-order chi connectivity index (χ1) is 12.7. The Morgan fingerprint density at radius 1 is 1.08 bits per heavy atom. The highest BCUT2D eigenvalue weighted by Crippen LogP contribution is 2.38. The Labute approximate surface area is 156 Å². The summed E-state index contributed by atoms with van der Waals surface area (Å²) in [5.74, 6) is 1.57. The fourth-order valence-corrected chi connectivity index (χ4v) is 3.11. The molecule has 1 aliphatic heterocycles. The number of unbranched alkanes of at least 4 members (excludes halogenated alkanes) is 1. The minimum absolute atomic E-state index is 0.0973. The topological polar surface area (TPSA) is 60.0 Å². The third kappa shape index (κ3) is 5.95. The van der Waals surface area contributed by atoms with Crippen molar-refractivity contribution in [2.24, 2.45) is 0 Å². The van der Waals surface area contributed by atoms with Crippen molar-refractivity contribution in [3.63, 3.8) is 0 Å². The first-order valence-electron chi connectivity index (χ1n) is 9.16. The number of amides is 1. The van der Waals surface area contributed by atoms with Crippen molar-refractivity contribution >= 4 is 12.0 Å². The molecule has 144 valence electrons. The number of nitrogens with zero attached hydrogens (tertiary/aromatic N) is 1. The zero-order chi connectivity index (χ0) is 18.8. The molecule has 6 heteroatoms. The third-order valence-corrected chi connectivity index (χ3v) is 4.51. The molecule has 1 fully saturated rings. The molecule has 1 amide bonds. The van der Waals surface area contributed by atoms with E-state index >= 15 is 0 Å². The molecule has 1 N–H and O–H groups in total. The van der Waals surface area contributed by atoms with Gasteiger partial charge in [-0.25, -0.2) is 0 Å². The molecule has 0 saturated carbocycles. The van der Waals surface area contributed by atoms with E-state index in [1.165, 1.54) is 32.0 Å². The minimum Gasteiger partial charge on any atom is -0.493 e. The van der Waals surface area contributed by atoms with Gasteiger partial charge in [0.15, 0.2) is 11.5 Å². The molecule has 0 atom stereocenters. The fraction of sp³-hybridized carbons (Fsp3) is 0.550. The fourth-order valence-electron chi connectivity index (χ4n) is 3.11. The number of carbonyl (C=O) groups is 1. The molecular formula is C20H30N2O4. The van der Waals surface area contributed by atoms with Crippen molar-refractivity contribution in [1.82, 2.24) is 10.2 Å². The number of carbonyl (C=O) groups excluding carboxylic acids is 1. The van der Waals surface area contributed by atoms with E-state index in [0.29, 0.717) is 23.8 Å². The molecule has 1 aliphatic rings. The number of likely N-dealkylation sites (tertiary alicyclic amines) is 1. The summed E-state index contributed by atoms with van der Waals surface area (Å²) in [6.45, 7) is 4.29. The molecule has 1 heterocycles. The Kier molecular flexibility index (Phi) is 8.28. The summed E-state index contributed by atoms with van der Waals surface area (Å²) >= 11 is 0. The monoisotopic (exact) mass is 362 g/mol. The van der Waals surface area contributed by atoms with E-state index in [4.69, 9.17) is 14.2 Å². The first kappa shape index (κ1) is 20.1. The molecule has 0 aromatic heterocycles. The van der Waals surface area contributed by atoms with Crippen LogP contribution >= 0.6 is 0 Å². The highest BCUT2D eigenvalue weighted by molar-refractivity contribution is 5.91. The lowest BCUT2D eigenvalue weighted by Gasteiger charge is -2.13. The second kappa shape index (κ2) is 10.7. The molecule has 0 unspecified atom stereocenters. The van der Waals surface area contributed by atoms with E-state index in [0.717, 1.165) is 24.9 Å². The summed E-state index contributed by atoms with van der Waals surface area (Å²) in [5.41, 5.74) is 0.809. The quantitative estimate of drug-likeness (QED) is 0.512. The standard InChI is InChI=1S/C20H30N2O4/c1-24-17-14-16(15-18(25-2)20(17)26-3)8-9-19(23)21-10-4-5-11-22-12-6-7-13-22/h8-9,14-15H,4-7,10-13H2,1-3H3,(H,21,23). The van der Waals surface area contributed by atoms with Gasteiger partial charge in [-0.1, -0.05) is 0 Å². The van der Waals surface area contributed by atoms with Gasteiger partial charge < -0.3 is 24.4 Å². The van der Waals surface area contributed by atoms with Crippen molar-refractivity contribution < 1.29 is 19.0 Å². The molecule has 0 radical (unpaired) electrons. The SMILES string of the molecule is COc1cc(C=CC(=O)NCCCCN2CCCC2)cc(OC)c1OC. The normalized spacial score (nSPS) is 14.6. The van der Waals surface area contributed by atoms with Gasteiger partial charge in [-0.05, 0) is 69.1 Å². The number of hydrogen-bond donors (Lipinski definition) is 1. The molecule has 0 bridgehead atoms. The average molecular weight is 362 g/mol. The van der Waals surface area contributed by atoms with Crippen LogP contribution in [0.25, 0.3) is 6.08 Å². The predicted octanol–water partition coefficient (Wildman–Crippen LogP) is 2.72. The van der Waals surface area contributed by atoms with Crippen LogP contribution in [0.4, 0.5) is 0 Å². The molecule has 0 aliphatic carbocycles. The van der Waals surface area contributed by atoms with Crippen molar-refractivity contribution in [2.45, 2.75) is 25.7 Å². The summed E-state index contributed by atoms with van der Waals surface area (Å²) in [4.78, 5) is 14.5. The molecular weight excluding hydrogens is 332 g/mol. The van der Waals surface area contributed by atoms with Gasteiger partial charge in [-0.15, -0.1) is 0 Å². The summed E-state index contributed by atoms with van der Waals surface area (Å²) in [7, 11) is 4.70. The maximum Gasteiger partial charge on any atom is 0.243 e. The van der Waals surface area contributed by atoms with Crippen LogP contribution in [0, 0.1) is 0 Å². The van der Waals surface area contributed by atoms with E-state index in [1.807, 2.05) is 0 Å². The van der Waals surface area contributed by atoms with Gasteiger partial charge in [0.05, 0.1) is 21.3 Å². The number of benzene rings is 1. The van der Waals surface area contributed by atoms with Crippen LogP contribution in [0.15, 0.2) is 18.2 Å². The third-order valence-electron chi connectivity index (χ3n) is 4.51. The molecule has 6 nitrogen and oxygen atoms in total. The van der Waals surface area contributed by atoms with Gasteiger partial charge in [-0.2, -0.15) is 0 Å². The zero-order valence-corrected chi connectivity index (χ0v) is 16.0. The lowest BCUT2D eigenvalue weighted by atomic mass is 10.1. The zero-order valence-electron chi connectivity index (χ0n) is 16.0. The van der Waals surface area contributed by atoms with E-state index in [-0.39, 0.29) is 5.91 Å². The van der Waals surface area contributed by atoms with Crippen LogP contribution < -0.4 is 19.5 Å². The number of ether oxygens (including phenoxy) is 3. The molecule has 2 rings (SSSR count). The van der Waals surface area contributed by atoms with Gasteiger partial charge in [0, 0.05) is 12.6 Å². The van der Waals surface area contributed by atoms with Crippen LogP contribution in [0.1, 0.15) is 31.2 Å². The average Bonchev–Trinajstić information content (AvgIpc) is 3.18. The second-order valence-corrected chi connectivity index (χ2v) is 6.34. The van der Waals surface area contributed by atoms with E-state index in [1.54, 1.807) is 39.5 Å². The van der Waals surface area contributed by atoms with Crippen LogP contribution in [0.2, 0.25) is 0 Å². The summed E-state index contributed by atoms with van der Waals surface area (Å²) in [6, 6.07) is 3.61. The van der Waals surface area contributed by atoms with Gasteiger partial charge in [0.25, 0.3) is 0 Å². The Morgan fingerprint density at radius 2 is 1.73 bits per heavy atom. The van der Waals surface area contributed by atoms with Gasteiger partial charge >= 0.3 is 0 Å². The van der Waals surface area contributed by atoms with Crippen LogP contribution in [0.5, 0.6) is 17.2 Å². The second-order valence-electron chi connectivity index (χ2n) is 6.34. The molecule has 1 saturated heterocycles. The minimum atomic E-state index is -0.0973. The van der Waals surface area contributed by atoms with Crippen molar-refractivity contribution in [3.05, 3.63) is 23.8 Å². The Balaban J connectivity index is 1.79. The number of rotatable bonds is 10. The summed E-state index contributed by atoms with van der Waals surface area (Å²) < 4.78 is 15.9.